The number of hydrogen-bond donors (Lipinski definition) is 3. The smallest absolute Gasteiger partial charge is 0.410 e. The Hall–Kier alpha value is -3.92. The van der Waals surface area contributed by atoms with E-state index in [1.807, 2.05) is 39.0 Å². The number of halogens is 1. The van der Waals surface area contributed by atoms with E-state index in [1.54, 1.807) is 30.5 Å². The zero-order valence-electron chi connectivity index (χ0n) is 23.1. The number of nitrogens with one attached hydrogen (secondary N) is 3. The van der Waals surface area contributed by atoms with Crippen molar-refractivity contribution >= 4 is 35.0 Å². The molecule has 2 aliphatic rings. The maximum Gasteiger partial charge on any atom is 0.410 e. The molecule has 2 aromatic heterocycles. The van der Waals surface area contributed by atoms with Crippen LogP contribution in [0.2, 0.25) is 5.02 Å². The summed E-state index contributed by atoms with van der Waals surface area (Å²) in [6, 6.07) is 7.10. The number of likely N-dealkylation sites (tertiary alicyclic amines) is 1. The average Bonchev–Trinajstić information content (AvgIpc) is 3.52. The predicted molar refractivity (Wildman–Crippen MR) is 153 cm³/mol. The Bertz CT molecular complexity index is 1420. The van der Waals surface area contributed by atoms with E-state index in [1.165, 1.54) is 0 Å². The molecule has 0 saturated carbocycles. The van der Waals surface area contributed by atoms with Gasteiger partial charge >= 0.3 is 6.09 Å². The number of benzene rings is 1. The summed E-state index contributed by atoms with van der Waals surface area (Å²) in [6.07, 6.45) is 5.32. The highest BCUT2D eigenvalue weighted by Gasteiger charge is 2.33. The van der Waals surface area contributed by atoms with Gasteiger partial charge in [-0.15, -0.1) is 0 Å². The van der Waals surface area contributed by atoms with Crippen LogP contribution in [0.25, 0.3) is 11.3 Å². The van der Waals surface area contributed by atoms with Crippen LogP contribution in [-0.2, 0) is 11.2 Å². The number of aromatic nitrogens is 2. The number of ether oxygens (including phenoxy) is 3. The van der Waals surface area contributed by atoms with Crippen molar-refractivity contribution in [2.75, 3.05) is 32.1 Å². The third kappa shape index (κ3) is 5.67. The van der Waals surface area contributed by atoms with Crippen LogP contribution < -0.4 is 20.1 Å². The second kappa shape index (κ2) is 11.3. The summed E-state index contributed by atoms with van der Waals surface area (Å²) in [7, 11) is 1.55. The minimum atomic E-state index is -0.574. The molecule has 3 N–H and O–H groups in total. The standard InChI is InChI=1S/C29H34ClN5O5/c1-29(2,3)40-28(37)35-14-6-7-17(35)16-39-22-15-31-12-10-18(22)24-25(23-20(33-24)11-13-32-27(23)36)34-21-9-5-8-19(30)26(21)38-4/h5,8-10,12,15,17,33-34H,6-7,11,13-14,16H2,1-4H3,(H,32,36). The molecule has 10 nitrogen and oxygen atoms in total. The number of aromatic amines is 1. The molecule has 0 spiro atoms. The Balaban J connectivity index is 1.47. The Morgan fingerprint density at radius 1 is 1.27 bits per heavy atom. The van der Waals surface area contributed by atoms with Crippen molar-refractivity contribution in [1.29, 1.82) is 0 Å². The van der Waals surface area contributed by atoms with Crippen LogP contribution in [0.15, 0.2) is 36.7 Å². The molecule has 1 saturated heterocycles. The highest BCUT2D eigenvalue weighted by Crippen LogP contribution is 2.43. The summed E-state index contributed by atoms with van der Waals surface area (Å²) in [5.41, 5.74) is 3.37. The number of carbonyl (C=O) groups is 2. The molecule has 2 amide bonds. The molecule has 1 unspecified atom stereocenters. The maximum absolute atomic E-state index is 13.0. The van der Waals surface area contributed by atoms with Crippen molar-refractivity contribution in [1.82, 2.24) is 20.2 Å². The predicted octanol–water partition coefficient (Wildman–Crippen LogP) is 5.55. The number of fused-ring (bicyclic) bond motifs is 1. The van der Waals surface area contributed by atoms with Gasteiger partial charge in [-0.2, -0.15) is 0 Å². The van der Waals surface area contributed by atoms with Gasteiger partial charge < -0.3 is 34.7 Å². The minimum Gasteiger partial charge on any atom is -0.493 e. The number of anilines is 2. The van der Waals surface area contributed by atoms with Crippen LogP contribution in [0.1, 0.15) is 49.7 Å². The highest BCUT2D eigenvalue weighted by atomic mass is 35.5. The molecular formula is C29H34ClN5O5. The third-order valence-electron chi connectivity index (χ3n) is 6.89. The first kappa shape index (κ1) is 27.6. The summed E-state index contributed by atoms with van der Waals surface area (Å²) in [5.74, 6) is 0.817. The number of pyridine rings is 1. The van der Waals surface area contributed by atoms with E-state index in [9.17, 15) is 9.59 Å². The van der Waals surface area contributed by atoms with Crippen molar-refractivity contribution in [3.8, 4) is 22.8 Å². The molecule has 1 fully saturated rings. The third-order valence-corrected chi connectivity index (χ3v) is 7.18. The van der Waals surface area contributed by atoms with Crippen molar-refractivity contribution in [2.45, 2.75) is 51.7 Å². The fraction of sp³-hybridized carbons (Fsp3) is 0.414. The molecule has 1 aromatic carbocycles. The summed E-state index contributed by atoms with van der Waals surface area (Å²) in [4.78, 5) is 35.3. The number of para-hydroxylation sites is 1. The molecular weight excluding hydrogens is 534 g/mol. The number of H-pyrrole nitrogens is 1. The van der Waals surface area contributed by atoms with Gasteiger partial charge in [-0.3, -0.25) is 9.78 Å². The van der Waals surface area contributed by atoms with Gasteiger partial charge in [-0.25, -0.2) is 4.79 Å². The van der Waals surface area contributed by atoms with E-state index in [0.29, 0.717) is 58.7 Å². The Morgan fingerprint density at radius 2 is 2.10 bits per heavy atom. The lowest BCUT2D eigenvalue weighted by Crippen LogP contribution is -2.42. The minimum absolute atomic E-state index is 0.126. The molecule has 4 heterocycles. The van der Waals surface area contributed by atoms with Crippen molar-refractivity contribution in [2.24, 2.45) is 0 Å². The number of carbonyl (C=O) groups excluding carboxylic acids is 2. The summed E-state index contributed by atoms with van der Waals surface area (Å²) in [6.45, 7) is 7.01. The fourth-order valence-electron chi connectivity index (χ4n) is 5.11. The average molecular weight is 568 g/mol. The second-order valence-corrected chi connectivity index (χ2v) is 11.2. The monoisotopic (exact) mass is 567 g/mol. The van der Waals surface area contributed by atoms with Crippen LogP contribution in [0.5, 0.6) is 11.5 Å². The van der Waals surface area contributed by atoms with Crippen molar-refractivity contribution in [3.05, 3.63) is 52.9 Å². The van der Waals surface area contributed by atoms with Crippen LogP contribution >= 0.6 is 11.6 Å². The lowest BCUT2D eigenvalue weighted by molar-refractivity contribution is 0.0187. The lowest BCUT2D eigenvalue weighted by atomic mass is 10.0. The van der Waals surface area contributed by atoms with E-state index in [0.717, 1.165) is 24.1 Å². The number of rotatable bonds is 7. The van der Waals surface area contributed by atoms with Crippen LogP contribution in [0.3, 0.4) is 0 Å². The molecule has 40 heavy (non-hydrogen) atoms. The summed E-state index contributed by atoms with van der Waals surface area (Å²) >= 11 is 6.38. The van der Waals surface area contributed by atoms with Crippen LogP contribution in [-0.4, -0.2) is 65.3 Å². The van der Waals surface area contributed by atoms with Crippen LogP contribution in [0.4, 0.5) is 16.2 Å². The molecule has 11 heteroatoms. The SMILES string of the molecule is COc1c(Cl)cccc1Nc1c(-c2ccncc2OCC2CCCN2C(=O)OC(C)(C)C)[nH]c2c1C(=O)NCC2. The zero-order chi connectivity index (χ0) is 28.4. The topological polar surface area (TPSA) is 118 Å². The first-order chi connectivity index (χ1) is 19.2. The Kier molecular flexibility index (Phi) is 7.80. The first-order valence-electron chi connectivity index (χ1n) is 13.4. The quantitative estimate of drug-likeness (QED) is 0.343. The number of amides is 2. The van der Waals surface area contributed by atoms with Crippen molar-refractivity contribution in [3.63, 3.8) is 0 Å². The largest absolute Gasteiger partial charge is 0.493 e. The summed E-state index contributed by atoms with van der Waals surface area (Å²) < 4.78 is 17.4. The molecule has 0 bridgehead atoms. The van der Waals surface area contributed by atoms with Gasteiger partial charge in [0, 0.05) is 37.0 Å². The molecule has 212 valence electrons. The maximum atomic E-state index is 13.0. The fourth-order valence-corrected chi connectivity index (χ4v) is 5.36. The van der Waals surface area contributed by atoms with E-state index in [-0.39, 0.29) is 24.6 Å². The highest BCUT2D eigenvalue weighted by molar-refractivity contribution is 6.32. The number of hydrogen-bond acceptors (Lipinski definition) is 7. The normalized spacial score (nSPS) is 16.8. The lowest BCUT2D eigenvalue weighted by Gasteiger charge is -2.28. The van der Waals surface area contributed by atoms with E-state index >= 15 is 0 Å². The van der Waals surface area contributed by atoms with Crippen molar-refractivity contribution < 1.29 is 23.8 Å². The molecule has 0 radical (unpaired) electrons. The van der Waals surface area contributed by atoms with Gasteiger partial charge in [0.05, 0.1) is 47.0 Å². The molecule has 1 atom stereocenters. The first-order valence-corrected chi connectivity index (χ1v) is 13.7. The van der Waals surface area contributed by atoms with Gasteiger partial charge in [-0.1, -0.05) is 17.7 Å². The van der Waals surface area contributed by atoms with E-state index in [2.05, 4.69) is 20.6 Å². The summed E-state index contributed by atoms with van der Waals surface area (Å²) in [5, 5.41) is 6.77. The van der Waals surface area contributed by atoms with E-state index < -0.39 is 5.60 Å². The molecule has 5 rings (SSSR count). The van der Waals surface area contributed by atoms with Crippen LogP contribution in [0, 0.1) is 0 Å². The van der Waals surface area contributed by atoms with E-state index in [4.69, 9.17) is 25.8 Å². The molecule has 2 aliphatic heterocycles. The van der Waals surface area contributed by atoms with Gasteiger partial charge in [0.15, 0.2) is 5.75 Å². The molecule has 0 aliphatic carbocycles. The second-order valence-electron chi connectivity index (χ2n) is 10.8. The van der Waals surface area contributed by atoms with Gasteiger partial charge in [-0.05, 0) is 51.8 Å². The number of methoxy groups -OCH3 is 1. The van der Waals surface area contributed by atoms with Gasteiger partial charge in [0.25, 0.3) is 5.91 Å². The van der Waals surface area contributed by atoms with Gasteiger partial charge in [0.2, 0.25) is 0 Å². The van der Waals surface area contributed by atoms with Gasteiger partial charge in [0.1, 0.15) is 18.0 Å². The zero-order valence-corrected chi connectivity index (χ0v) is 23.9. The Labute approximate surface area is 238 Å². The molecule has 3 aromatic rings. The number of nitrogens with zero attached hydrogens (tertiary/aromatic N) is 2. The Morgan fingerprint density at radius 3 is 2.88 bits per heavy atom.